The zero-order valence-electron chi connectivity index (χ0n) is 12.0. The van der Waals surface area contributed by atoms with E-state index in [1.54, 1.807) is 0 Å². The lowest BCUT2D eigenvalue weighted by atomic mass is 9.93. The van der Waals surface area contributed by atoms with E-state index in [9.17, 15) is 4.79 Å². The smallest absolute Gasteiger partial charge is 0.226 e. The molecular formula is C13H28N4O. The fourth-order valence-corrected chi connectivity index (χ4v) is 1.91. The van der Waals surface area contributed by atoms with E-state index in [4.69, 9.17) is 5.73 Å². The standard InChI is InChI=1S/C13H28N4O/c1-13(2,11-14)12(18)15-5-4-6-17-9-7-16(3)8-10-17/h4-11,14H2,1-3H3,(H,15,18). The summed E-state index contributed by atoms with van der Waals surface area (Å²) in [6, 6.07) is 0. The molecule has 0 radical (unpaired) electrons. The van der Waals surface area contributed by atoms with Gasteiger partial charge in [-0.2, -0.15) is 0 Å². The number of amides is 1. The maximum Gasteiger partial charge on any atom is 0.226 e. The van der Waals surface area contributed by atoms with Crippen molar-refractivity contribution < 1.29 is 4.79 Å². The number of carbonyl (C=O) groups is 1. The molecule has 1 rings (SSSR count). The largest absolute Gasteiger partial charge is 0.356 e. The molecular weight excluding hydrogens is 228 g/mol. The fraction of sp³-hybridized carbons (Fsp3) is 0.923. The van der Waals surface area contributed by atoms with E-state index in [0.717, 1.165) is 45.7 Å². The van der Waals surface area contributed by atoms with Gasteiger partial charge in [-0.15, -0.1) is 0 Å². The molecule has 0 aromatic carbocycles. The Balaban J connectivity index is 2.10. The van der Waals surface area contributed by atoms with E-state index >= 15 is 0 Å². The van der Waals surface area contributed by atoms with Crippen LogP contribution in [0.3, 0.4) is 0 Å². The van der Waals surface area contributed by atoms with E-state index in [-0.39, 0.29) is 5.91 Å². The van der Waals surface area contributed by atoms with Gasteiger partial charge in [0.05, 0.1) is 5.41 Å². The Kier molecular flexibility index (Phi) is 6.05. The van der Waals surface area contributed by atoms with Crippen molar-refractivity contribution in [2.45, 2.75) is 20.3 Å². The molecule has 0 bridgehead atoms. The first-order chi connectivity index (χ1) is 8.45. The first-order valence-corrected chi connectivity index (χ1v) is 6.85. The van der Waals surface area contributed by atoms with Crippen LogP contribution in [0.5, 0.6) is 0 Å². The van der Waals surface area contributed by atoms with Gasteiger partial charge in [0.15, 0.2) is 0 Å². The van der Waals surface area contributed by atoms with Gasteiger partial charge >= 0.3 is 0 Å². The zero-order valence-corrected chi connectivity index (χ0v) is 12.0. The molecule has 0 aromatic heterocycles. The summed E-state index contributed by atoms with van der Waals surface area (Å²) in [5.41, 5.74) is 5.12. The number of piperazine rings is 1. The van der Waals surface area contributed by atoms with Crippen LogP contribution in [0.1, 0.15) is 20.3 Å². The molecule has 0 spiro atoms. The summed E-state index contributed by atoms with van der Waals surface area (Å²) < 4.78 is 0. The molecule has 0 atom stereocenters. The van der Waals surface area contributed by atoms with Crippen LogP contribution < -0.4 is 11.1 Å². The molecule has 0 unspecified atom stereocenters. The van der Waals surface area contributed by atoms with E-state index in [0.29, 0.717) is 6.54 Å². The molecule has 1 aliphatic rings. The molecule has 0 aromatic rings. The quantitative estimate of drug-likeness (QED) is 0.642. The Labute approximate surface area is 111 Å². The number of rotatable bonds is 6. The van der Waals surface area contributed by atoms with Crippen molar-refractivity contribution in [1.82, 2.24) is 15.1 Å². The maximum atomic E-state index is 11.8. The van der Waals surface area contributed by atoms with E-state index in [1.807, 2.05) is 13.8 Å². The minimum Gasteiger partial charge on any atom is -0.356 e. The summed E-state index contributed by atoms with van der Waals surface area (Å²) in [6.45, 7) is 10.5. The van der Waals surface area contributed by atoms with Gasteiger partial charge in [0, 0.05) is 39.3 Å². The van der Waals surface area contributed by atoms with Crippen LogP contribution in [0.2, 0.25) is 0 Å². The Morgan fingerprint density at radius 3 is 2.44 bits per heavy atom. The summed E-state index contributed by atoms with van der Waals surface area (Å²) in [5, 5.41) is 2.97. The average molecular weight is 256 g/mol. The number of likely N-dealkylation sites (N-methyl/N-ethyl adjacent to an activating group) is 1. The second kappa shape index (κ2) is 7.07. The lowest BCUT2D eigenvalue weighted by molar-refractivity contribution is -0.128. The van der Waals surface area contributed by atoms with Crippen LogP contribution >= 0.6 is 0 Å². The van der Waals surface area contributed by atoms with Crippen molar-refractivity contribution in [3.05, 3.63) is 0 Å². The van der Waals surface area contributed by atoms with Crippen molar-refractivity contribution in [1.29, 1.82) is 0 Å². The summed E-state index contributed by atoms with van der Waals surface area (Å²) in [7, 11) is 2.16. The number of hydrogen-bond donors (Lipinski definition) is 2. The van der Waals surface area contributed by atoms with Crippen LogP contribution in [-0.4, -0.2) is 68.6 Å². The van der Waals surface area contributed by atoms with Gasteiger partial charge in [-0.25, -0.2) is 0 Å². The summed E-state index contributed by atoms with van der Waals surface area (Å²) in [6.07, 6.45) is 1.01. The summed E-state index contributed by atoms with van der Waals surface area (Å²) in [4.78, 5) is 16.6. The molecule has 1 amide bonds. The van der Waals surface area contributed by atoms with Gasteiger partial charge in [0.1, 0.15) is 0 Å². The van der Waals surface area contributed by atoms with Gasteiger partial charge in [-0.05, 0) is 33.9 Å². The molecule has 106 valence electrons. The van der Waals surface area contributed by atoms with Crippen LogP contribution in [-0.2, 0) is 4.79 Å². The molecule has 0 aliphatic carbocycles. The van der Waals surface area contributed by atoms with Gasteiger partial charge in [-0.1, -0.05) is 0 Å². The van der Waals surface area contributed by atoms with Crippen molar-refractivity contribution in [3.63, 3.8) is 0 Å². The minimum absolute atomic E-state index is 0.0587. The van der Waals surface area contributed by atoms with Gasteiger partial charge in [0.2, 0.25) is 5.91 Å². The summed E-state index contributed by atoms with van der Waals surface area (Å²) >= 11 is 0. The van der Waals surface area contributed by atoms with Crippen LogP contribution in [0, 0.1) is 5.41 Å². The highest BCUT2D eigenvalue weighted by Crippen LogP contribution is 2.11. The predicted octanol–water partition coefficient (Wildman–Crippen LogP) is -0.275. The molecule has 5 nitrogen and oxygen atoms in total. The highest BCUT2D eigenvalue weighted by molar-refractivity contribution is 5.81. The highest BCUT2D eigenvalue weighted by atomic mass is 16.2. The van der Waals surface area contributed by atoms with Gasteiger partial charge in [-0.3, -0.25) is 4.79 Å². The first-order valence-electron chi connectivity index (χ1n) is 6.85. The fourth-order valence-electron chi connectivity index (χ4n) is 1.91. The lowest BCUT2D eigenvalue weighted by Gasteiger charge is -2.32. The number of nitrogens with one attached hydrogen (secondary N) is 1. The third-order valence-corrected chi connectivity index (χ3v) is 3.66. The van der Waals surface area contributed by atoms with Crippen LogP contribution in [0.25, 0.3) is 0 Å². The van der Waals surface area contributed by atoms with E-state index < -0.39 is 5.41 Å². The highest BCUT2D eigenvalue weighted by Gasteiger charge is 2.25. The van der Waals surface area contributed by atoms with Crippen LogP contribution in [0.4, 0.5) is 0 Å². The third-order valence-electron chi connectivity index (χ3n) is 3.66. The number of carbonyl (C=O) groups excluding carboxylic acids is 1. The zero-order chi connectivity index (χ0) is 13.6. The van der Waals surface area contributed by atoms with Crippen LogP contribution in [0.15, 0.2) is 0 Å². The van der Waals surface area contributed by atoms with E-state index in [2.05, 4.69) is 22.2 Å². The molecule has 3 N–H and O–H groups in total. The lowest BCUT2D eigenvalue weighted by Crippen LogP contribution is -2.46. The number of nitrogens with two attached hydrogens (primary N) is 1. The molecule has 18 heavy (non-hydrogen) atoms. The Bertz CT molecular complexity index is 260. The topological polar surface area (TPSA) is 61.6 Å². The molecule has 5 heteroatoms. The molecule has 1 heterocycles. The van der Waals surface area contributed by atoms with Crippen molar-refractivity contribution in [2.24, 2.45) is 11.1 Å². The first kappa shape index (κ1) is 15.4. The number of nitrogens with zero attached hydrogens (tertiary/aromatic N) is 2. The number of hydrogen-bond acceptors (Lipinski definition) is 4. The van der Waals surface area contributed by atoms with Crippen molar-refractivity contribution in [3.8, 4) is 0 Å². The maximum absolute atomic E-state index is 11.8. The molecule has 1 fully saturated rings. The normalized spacial score (nSPS) is 18.9. The molecule has 0 saturated carbocycles. The summed E-state index contributed by atoms with van der Waals surface area (Å²) in [5.74, 6) is 0.0587. The SMILES string of the molecule is CN1CCN(CCCNC(=O)C(C)(C)CN)CC1. The van der Waals surface area contributed by atoms with Gasteiger partial charge < -0.3 is 20.9 Å². The van der Waals surface area contributed by atoms with Gasteiger partial charge in [0.25, 0.3) is 0 Å². The second-order valence-electron chi connectivity index (χ2n) is 5.84. The third kappa shape index (κ3) is 4.92. The minimum atomic E-state index is -0.451. The monoisotopic (exact) mass is 256 g/mol. The Hall–Kier alpha value is -0.650. The van der Waals surface area contributed by atoms with E-state index in [1.165, 1.54) is 0 Å². The molecule has 1 aliphatic heterocycles. The average Bonchev–Trinajstić information content (AvgIpc) is 2.36. The second-order valence-corrected chi connectivity index (χ2v) is 5.84. The Morgan fingerprint density at radius 2 is 1.89 bits per heavy atom. The molecule has 1 saturated heterocycles. The Morgan fingerprint density at radius 1 is 1.28 bits per heavy atom. The predicted molar refractivity (Wildman–Crippen MR) is 74.4 cm³/mol. The van der Waals surface area contributed by atoms with Crippen molar-refractivity contribution in [2.75, 3.05) is 52.9 Å². The van der Waals surface area contributed by atoms with Crippen molar-refractivity contribution >= 4 is 5.91 Å².